The number of rotatable bonds is 4. The molecule has 0 aliphatic heterocycles. The molecule has 1 fully saturated rings. The Kier molecular flexibility index (Phi) is 6.69. The molecule has 3 nitrogen and oxygen atoms in total. The third-order valence-corrected chi connectivity index (χ3v) is 3.52. The molecule has 20 heavy (non-hydrogen) atoms. The molecule has 0 unspecified atom stereocenters. The zero-order chi connectivity index (χ0) is 15.0. The van der Waals surface area contributed by atoms with Crippen LogP contribution in [-0.4, -0.2) is 31.8 Å². The molecule has 0 heterocycles. The fourth-order valence-electron chi connectivity index (χ4n) is 2.37. The highest BCUT2D eigenvalue weighted by Crippen LogP contribution is 2.39. The SMILES string of the molecule is C#CCNC(=NCC1CCC(C(F)(F)F)CC1)NCC. The topological polar surface area (TPSA) is 36.4 Å². The minimum absolute atomic E-state index is 0.220. The van der Waals surface area contributed by atoms with Gasteiger partial charge in [-0.25, -0.2) is 0 Å². The molecule has 1 saturated carbocycles. The first-order chi connectivity index (χ1) is 9.47. The molecule has 2 N–H and O–H groups in total. The molecule has 1 aliphatic rings. The van der Waals surface area contributed by atoms with Crippen molar-refractivity contribution in [1.29, 1.82) is 0 Å². The number of halogens is 3. The van der Waals surface area contributed by atoms with E-state index in [-0.39, 0.29) is 18.8 Å². The maximum atomic E-state index is 12.6. The maximum absolute atomic E-state index is 12.6. The number of hydrogen-bond donors (Lipinski definition) is 2. The molecular weight excluding hydrogens is 267 g/mol. The Balaban J connectivity index is 2.40. The highest BCUT2D eigenvalue weighted by atomic mass is 19.4. The van der Waals surface area contributed by atoms with E-state index in [1.807, 2.05) is 6.92 Å². The van der Waals surface area contributed by atoms with E-state index in [4.69, 9.17) is 6.42 Å². The van der Waals surface area contributed by atoms with Gasteiger partial charge in [-0.15, -0.1) is 6.42 Å². The van der Waals surface area contributed by atoms with E-state index in [0.717, 1.165) is 6.54 Å². The summed E-state index contributed by atoms with van der Waals surface area (Å²) >= 11 is 0. The van der Waals surface area contributed by atoms with Gasteiger partial charge >= 0.3 is 6.18 Å². The van der Waals surface area contributed by atoms with E-state index >= 15 is 0 Å². The third-order valence-electron chi connectivity index (χ3n) is 3.52. The lowest BCUT2D eigenvalue weighted by molar-refractivity contribution is -0.183. The van der Waals surface area contributed by atoms with Crippen LogP contribution >= 0.6 is 0 Å². The highest BCUT2D eigenvalue weighted by molar-refractivity contribution is 5.79. The quantitative estimate of drug-likeness (QED) is 0.474. The molecule has 0 saturated heterocycles. The normalized spacial score (nSPS) is 24.1. The van der Waals surface area contributed by atoms with Crippen LogP contribution in [0.3, 0.4) is 0 Å². The average molecular weight is 289 g/mol. The van der Waals surface area contributed by atoms with Gasteiger partial charge in [0.05, 0.1) is 12.5 Å². The predicted molar refractivity (Wildman–Crippen MR) is 74.3 cm³/mol. The Hall–Kier alpha value is -1.38. The number of alkyl halides is 3. The summed E-state index contributed by atoms with van der Waals surface area (Å²) in [5.41, 5.74) is 0. The number of hydrogen-bond acceptors (Lipinski definition) is 1. The van der Waals surface area contributed by atoms with Crippen molar-refractivity contribution in [3.05, 3.63) is 0 Å². The molecular formula is C14H22F3N3. The van der Waals surface area contributed by atoms with E-state index in [1.165, 1.54) is 0 Å². The lowest BCUT2D eigenvalue weighted by Gasteiger charge is -2.29. The number of guanidine groups is 1. The number of nitrogens with zero attached hydrogens (tertiary/aromatic N) is 1. The molecule has 0 radical (unpaired) electrons. The van der Waals surface area contributed by atoms with Gasteiger partial charge in [-0.3, -0.25) is 4.99 Å². The first kappa shape index (κ1) is 16.7. The lowest BCUT2D eigenvalue weighted by Crippen LogP contribution is -2.38. The highest BCUT2D eigenvalue weighted by Gasteiger charge is 2.41. The molecule has 114 valence electrons. The van der Waals surface area contributed by atoms with Gasteiger partial charge < -0.3 is 10.6 Å². The molecule has 0 aromatic carbocycles. The predicted octanol–water partition coefficient (Wildman–Crippen LogP) is 2.54. The standard InChI is InChI=1S/C14H22F3N3/c1-3-9-19-13(18-4-2)20-10-11-5-7-12(8-6-11)14(15,16)17/h1,11-12H,4-10H2,2H3,(H2,18,19,20). The van der Waals surface area contributed by atoms with Gasteiger partial charge in [0.1, 0.15) is 0 Å². The summed E-state index contributed by atoms with van der Waals surface area (Å²) in [6, 6.07) is 0. The second kappa shape index (κ2) is 8.03. The van der Waals surface area contributed by atoms with Crippen molar-refractivity contribution in [1.82, 2.24) is 10.6 Å². The number of aliphatic imine (C=N–C) groups is 1. The van der Waals surface area contributed by atoms with Crippen molar-refractivity contribution < 1.29 is 13.2 Å². The summed E-state index contributed by atoms with van der Waals surface area (Å²) in [6.45, 7) is 3.59. The van der Waals surface area contributed by atoms with E-state index < -0.39 is 12.1 Å². The zero-order valence-corrected chi connectivity index (χ0v) is 11.8. The number of terminal acetylenes is 1. The van der Waals surface area contributed by atoms with Gasteiger partial charge in [-0.2, -0.15) is 13.2 Å². The van der Waals surface area contributed by atoms with Crippen molar-refractivity contribution in [2.45, 2.75) is 38.8 Å². The van der Waals surface area contributed by atoms with Crippen LogP contribution in [0.1, 0.15) is 32.6 Å². The van der Waals surface area contributed by atoms with E-state index in [2.05, 4.69) is 21.5 Å². The van der Waals surface area contributed by atoms with Crippen LogP contribution in [0.5, 0.6) is 0 Å². The summed E-state index contributed by atoms with van der Waals surface area (Å²) in [5, 5.41) is 6.02. The van der Waals surface area contributed by atoms with Crippen molar-refractivity contribution in [2.75, 3.05) is 19.6 Å². The molecule has 0 bridgehead atoms. The van der Waals surface area contributed by atoms with Gasteiger partial charge in [0.2, 0.25) is 0 Å². The fraction of sp³-hybridized carbons (Fsp3) is 0.786. The van der Waals surface area contributed by atoms with Crippen LogP contribution in [-0.2, 0) is 0 Å². The first-order valence-electron chi connectivity index (χ1n) is 6.99. The Labute approximate surface area is 118 Å². The third kappa shape index (κ3) is 5.72. The summed E-state index contributed by atoms with van der Waals surface area (Å²) in [7, 11) is 0. The van der Waals surface area contributed by atoms with Crippen molar-refractivity contribution in [2.24, 2.45) is 16.8 Å². The number of nitrogens with one attached hydrogen (secondary N) is 2. The molecule has 1 aliphatic carbocycles. The van der Waals surface area contributed by atoms with Crippen LogP contribution in [0.25, 0.3) is 0 Å². The van der Waals surface area contributed by atoms with Crippen LogP contribution in [0.4, 0.5) is 13.2 Å². The Bertz CT molecular complexity index is 350. The summed E-state index contributed by atoms with van der Waals surface area (Å²) in [5.74, 6) is 2.19. The van der Waals surface area contributed by atoms with E-state index in [9.17, 15) is 13.2 Å². The van der Waals surface area contributed by atoms with Crippen LogP contribution < -0.4 is 10.6 Å². The second-order valence-corrected chi connectivity index (χ2v) is 5.04. The lowest BCUT2D eigenvalue weighted by atomic mass is 9.82. The van der Waals surface area contributed by atoms with Crippen molar-refractivity contribution >= 4 is 5.96 Å². The second-order valence-electron chi connectivity index (χ2n) is 5.04. The first-order valence-corrected chi connectivity index (χ1v) is 6.99. The van der Waals surface area contributed by atoms with Crippen LogP contribution in [0.2, 0.25) is 0 Å². The Morgan fingerprint density at radius 1 is 1.25 bits per heavy atom. The largest absolute Gasteiger partial charge is 0.391 e. The molecule has 0 aromatic rings. The molecule has 0 aromatic heterocycles. The average Bonchev–Trinajstić information content (AvgIpc) is 2.41. The minimum Gasteiger partial charge on any atom is -0.357 e. The van der Waals surface area contributed by atoms with Gasteiger partial charge in [0.15, 0.2) is 5.96 Å². The Morgan fingerprint density at radius 2 is 1.90 bits per heavy atom. The van der Waals surface area contributed by atoms with Crippen molar-refractivity contribution in [3.63, 3.8) is 0 Å². The van der Waals surface area contributed by atoms with Gasteiger partial charge in [0.25, 0.3) is 0 Å². The maximum Gasteiger partial charge on any atom is 0.391 e. The monoisotopic (exact) mass is 289 g/mol. The molecule has 0 atom stereocenters. The summed E-state index contributed by atoms with van der Waals surface area (Å²) < 4.78 is 37.7. The summed E-state index contributed by atoms with van der Waals surface area (Å²) in [6.07, 6.45) is 2.73. The van der Waals surface area contributed by atoms with Crippen molar-refractivity contribution in [3.8, 4) is 12.3 Å². The smallest absolute Gasteiger partial charge is 0.357 e. The minimum atomic E-state index is -4.04. The van der Waals surface area contributed by atoms with Gasteiger partial charge in [-0.05, 0) is 38.5 Å². The zero-order valence-electron chi connectivity index (χ0n) is 11.8. The fourth-order valence-corrected chi connectivity index (χ4v) is 2.37. The molecule has 0 spiro atoms. The van der Waals surface area contributed by atoms with Crippen LogP contribution in [0, 0.1) is 24.2 Å². The van der Waals surface area contributed by atoms with Gasteiger partial charge in [-0.1, -0.05) is 5.92 Å². The Morgan fingerprint density at radius 3 is 2.40 bits per heavy atom. The van der Waals surface area contributed by atoms with Gasteiger partial charge in [0, 0.05) is 13.1 Å². The molecule has 0 amide bonds. The molecule has 1 rings (SSSR count). The van der Waals surface area contributed by atoms with Crippen LogP contribution in [0.15, 0.2) is 4.99 Å². The summed E-state index contributed by atoms with van der Waals surface area (Å²) in [4.78, 5) is 4.38. The van der Waals surface area contributed by atoms with E-state index in [1.54, 1.807) is 0 Å². The van der Waals surface area contributed by atoms with E-state index in [0.29, 0.717) is 31.9 Å². The molecule has 6 heteroatoms.